The van der Waals surface area contributed by atoms with E-state index >= 15 is 0 Å². The number of alkyl halides is 2. The highest BCUT2D eigenvalue weighted by molar-refractivity contribution is 14.1. The molecule has 2 nitrogen and oxygen atoms in total. The molecule has 0 aliphatic carbocycles. The molecular weight excluding hydrogens is 291 g/mol. The van der Waals surface area contributed by atoms with Gasteiger partial charge in [0.1, 0.15) is 9.39 Å². The first-order valence-electron chi connectivity index (χ1n) is 3.61. The van der Waals surface area contributed by atoms with Crippen molar-refractivity contribution in [2.45, 2.75) is 20.0 Å². The minimum Gasteiger partial charge on any atom is -0.392 e. The molecule has 0 saturated carbocycles. The predicted octanol–water partition coefficient (Wildman–Crippen LogP) is 2.42. The van der Waals surface area contributed by atoms with Crippen LogP contribution < -0.4 is 0 Å². The summed E-state index contributed by atoms with van der Waals surface area (Å²) in [6.45, 7) is 1.29. The summed E-state index contributed by atoms with van der Waals surface area (Å²) in [4.78, 5) is 3.68. The zero-order chi connectivity index (χ0) is 10.0. The van der Waals surface area contributed by atoms with Crippen LogP contribution in [0.4, 0.5) is 8.78 Å². The van der Waals surface area contributed by atoms with Crippen molar-refractivity contribution >= 4 is 22.6 Å². The van der Waals surface area contributed by atoms with E-state index in [0.29, 0.717) is 9.26 Å². The lowest BCUT2D eigenvalue weighted by atomic mass is 10.1. The molecule has 13 heavy (non-hydrogen) atoms. The molecule has 0 atom stereocenters. The maximum absolute atomic E-state index is 12.4. The highest BCUT2D eigenvalue weighted by Crippen LogP contribution is 2.24. The predicted molar refractivity (Wildman–Crippen MR) is 52.6 cm³/mol. The van der Waals surface area contributed by atoms with Gasteiger partial charge in [-0.1, -0.05) is 0 Å². The minimum atomic E-state index is -2.63. The molecule has 0 aliphatic heterocycles. The van der Waals surface area contributed by atoms with Gasteiger partial charge in [0.15, 0.2) is 0 Å². The van der Waals surface area contributed by atoms with E-state index in [1.165, 1.54) is 0 Å². The molecule has 0 radical (unpaired) electrons. The average molecular weight is 299 g/mol. The number of halogens is 3. The lowest BCUT2D eigenvalue weighted by Crippen LogP contribution is -2.03. The van der Waals surface area contributed by atoms with Gasteiger partial charge < -0.3 is 5.11 Å². The van der Waals surface area contributed by atoms with Crippen molar-refractivity contribution in [2.24, 2.45) is 0 Å². The smallest absolute Gasteiger partial charge is 0.280 e. The summed E-state index contributed by atoms with van der Waals surface area (Å²) in [6, 6.07) is 1.66. The molecule has 0 aromatic carbocycles. The van der Waals surface area contributed by atoms with E-state index in [9.17, 15) is 8.78 Å². The van der Waals surface area contributed by atoms with Gasteiger partial charge in [0.25, 0.3) is 6.43 Å². The molecule has 0 fully saturated rings. The topological polar surface area (TPSA) is 33.1 Å². The van der Waals surface area contributed by atoms with E-state index in [4.69, 9.17) is 5.11 Å². The Kier molecular flexibility index (Phi) is 3.55. The number of hydrogen-bond donors (Lipinski definition) is 1. The summed E-state index contributed by atoms with van der Waals surface area (Å²) >= 11 is 1.87. The van der Waals surface area contributed by atoms with Gasteiger partial charge in [0, 0.05) is 5.56 Å². The lowest BCUT2D eigenvalue weighted by molar-refractivity contribution is 0.141. The fraction of sp³-hybridized carbons (Fsp3) is 0.375. The van der Waals surface area contributed by atoms with Crippen LogP contribution in [0.3, 0.4) is 0 Å². The minimum absolute atomic E-state index is 0.232. The average Bonchev–Trinajstić information content (AvgIpc) is 2.02. The van der Waals surface area contributed by atoms with Crippen molar-refractivity contribution in [3.05, 3.63) is 26.6 Å². The summed E-state index contributed by atoms with van der Waals surface area (Å²) in [7, 11) is 0. The van der Waals surface area contributed by atoms with Gasteiger partial charge in [0.2, 0.25) is 0 Å². The fourth-order valence-corrected chi connectivity index (χ4v) is 1.80. The summed E-state index contributed by atoms with van der Waals surface area (Å²) in [5.74, 6) is 0. The number of aromatic nitrogens is 1. The summed E-state index contributed by atoms with van der Waals surface area (Å²) < 4.78 is 25.3. The molecule has 0 unspecified atom stereocenters. The number of hydrogen-bond acceptors (Lipinski definition) is 2. The van der Waals surface area contributed by atoms with Gasteiger partial charge in [-0.15, -0.1) is 0 Å². The van der Waals surface area contributed by atoms with Crippen molar-refractivity contribution in [1.82, 2.24) is 4.98 Å². The van der Waals surface area contributed by atoms with E-state index in [1.54, 1.807) is 13.0 Å². The number of rotatable bonds is 2. The first-order chi connectivity index (χ1) is 6.06. The maximum atomic E-state index is 12.4. The normalized spacial score (nSPS) is 10.9. The van der Waals surface area contributed by atoms with Crippen LogP contribution >= 0.6 is 22.6 Å². The van der Waals surface area contributed by atoms with E-state index in [2.05, 4.69) is 4.98 Å². The van der Waals surface area contributed by atoms with Crippen molar-refractivity contribution in [1.29, 1.82) is 0 Å². The molecule has 1 aromatic rings. The Morgan fingerprint density at radius 2 is 2.23 bits per heavy atom. The van der Waals surface area contributed by atoms with Crippen molar-refractivity contribution in [3.8, 4) is 0 Å². The first-order valence-corrected chi connectivity index (χ1v) is 4.69. The molecule has 0 bridgehead atoms. The van der Waals surface area contributed by atoms with Gasteiger partial charge >= 0.3 is 0 Å². The first kappa shape index (κ1) is 10.8. The summed E-state index contributed by atoms with van der Waals surface area (Å²) in [5.41, 5.74) is 0.569. The number of pyridine rings is 1. The van der Waals surface area contributed by atoms with Crippen molar-refractivity contribution in [2.75, 3.05) is 0 Å². The zero-order valence-electron chi connectivity index (χ0n) is 6.89. The number of nitrogens with zero attached hydrogens (tertiary/aromatic N) is 1. The molecule has 1 N–H and O–H groups in total. The Bertz CT molecular complexity index is 317. The molecule has 0 spiro atoms. The Balaban J connectivity index is 3.29. The highest BCUT2D eigenvalue weighted by atomic mass is 127. The number of aryl methyl sites for hydroxylation is 1. The van der Waals surface area contributed by atoms with Crippen LogP contribution in [0.2, 0.25) is 0 Å². The Labute approximate surface area is 88.1 Å². The van der Waals surface area contributed by atoms with E-state index in [1.807, 2.05) is 22.6 Å². The second kappa shape index (κ2) is 4.28. The molecule has 0 amide bonds. The Hall–Kier alpha value is -0.300. The van der Waals surface area contributed by atoms with Crippen LogP contribution in [0.1, 0.15) is 23.2 Å². The van der Waals surface area contributed by atoms with E-state index < -0.39 is 13.0 Å². The van der Waals surface area contributed by atoms with Crippen LogP contribution in [-0.2, 0) is 6.61 Å². The lowest BCUT2D eigenvalue weighted by Gasteiger charge is -2.09. The van der Waals surface area contributed by atoms with Crippen molar-refractivity contribution < 1.29 is 13.9 Å². The molecule has 0 saturated heterocycles. The van der Waals surface area contributed by atoms with E-state index in [0.717, 1.165) is 0 Å². The van der Waals surface area contributed by atoms with Gasteiger partial charge in [-0.05, 0) is 41.1 Å². The zero-order valence-corrected chi connectivity index (χ0v) is 9.05. The third-order valence-electron chi connectivity index (χ3n) is 1.71. The molecule has 1 rings (SSSR count). The monoisotopic (exact) mass is 299 g/mol. The second-order valence-electron chi connectivity index (χ2n) is 2.58. The molecule has 1 heterocycles. The Morgan fingerprint density at radius 1 is 1.62 bits per heavy atom. The van der Waals surface area contributed by atoms with Crippen LogP contribution in [0, 0.1) is 10.6 Å². The number of aliphatic hydroxyl groups excluding tert-OH is 1. The van der Waals surface area contributed by atoms with Crippen molar-refractivity contribution in [3.63, 3.8) is 0 Å². The fourth-order valence-electron chi connectivity index (χ4n) is 1.07. The maximum Gasteiger partial charge on any atom is 0.280 e. The molecular formula is C8H8F2INO. The van der Waals surface area contributed by atoms with Gasteiger partial charge in [-0.2, -0.15) is 0 Å². The highest BCUT2D eigenvalue weighted by Gasteiger charge is 2.16. The summed E-state index contributed by atoms with van der Waals surface area (Å²) in [6.07, 6.45) is -2.63. The molecule has 0 aliphatic rings. The van der Waals surface area contributed by atoms with Crippen LogP contribution in [-0.4, -0.2) is 10.1 Å². The second-order valence-corrected chi connectivity index (χ2v) is 3.69. The third-order valence-corrected chi connectivity index (χ3v) is 2.27. The van der Waals surface area contributed by atoms with Gasteiger partial charge in [0.05, 0.1) is 6.61 Å². The van der Waals surface area contributed by atoms with Gasteiger partial charge in [-0.25, -0.2) is 13.8 Å². The SMILES string of the molecule is Cc1cc(I)nc(C(F)F)c1CO. The van der Waals surface area contributed by atoms with Gasteiger partial charge in [-0.3, -0.25) is 0 Å². The van der Waals surface area contributed by atoms with Crippen LogP contribution in [0.15, 0.2) is 6.07 Å². The largest absolute Gasteiger partial charge is 0.392 e. The quantitative estimate of drug-likeness (QED) is 0.672. The molecule has 1 aromatic heterocycles. The van der Waals surface area contributed by atoms with Crippen LogP contribution in [0.25, 0.3) is 0 Å². The van der Waals surface area contributed by atoms with Crippen LogP contribution in [0.5, 0.6) is 0 Å². The number of aliphatic hydroxyl groups is 1. The third kappa shape index (κ3) is 2.34. The molecule has 72 valence electrons. The Morgan fingerprint density at radius 3 is 2.69 bits per heavy atom. The summed E-state index contributed by atoms with van der Waals surface area (Å²) in [5, 5.41) is 8.86. The molecule has 5 heteroatoms. The standard InChI is InChI=1S/C8H8F2INO/c1-4-2-6(11)12-7(8(9)10)5(4)3-13/h2,8,13H,3H2,1H3. The van der Waals surface area contributed by atoms with E-state index in [-0.39, 0.29) is 11.3 Å².